The number of benzene rings is 2. The van der Waals surface area contributed by atoms with E-state index in [1.54, 1.807) is 12.5 Å². The Morgan fingerprint density at radius 2 is 1.58 bits per heavy atom. The van der Waals surface area contributed by atoms with Crippen molar-refractivity contribution in [1.29, 1.82) is 0 Å². The Morgan fingerprint density at radius 1 is 0.710 bits per heavy atom. The smallest absolute Gasteiger partial charge is 0.130 e. The van der Waals surface area contributed by atoms with Crippen LogP contribution in [-0.2, 0) is 6.54 Å². The van der Waals surface area contributed by atoms with Crippen molar-refractivity contribution in [2.24, 2.45) is 0 Å². The molecule has 0 spiro atoms. The van der Waals surface area contributed by atoms with Gasteiger partial charge in [-0.1, -0.05) is 36.4 Å². The van der Waals surface area contributed by atoms with Crippen molar-refractivity contribution in [3.8, 4) is 22.4 Å². The molecule has 0 atom stereocenters. The lowest BCUT2D eigenvalue weighted by Gasteiger charge is -2.09. The van der Waals surface area contributed by atoms with Crippen LogP contribution >= 0.6 is 0 Å². The standard InChI is InChI=1S/C26H21N5/c1-18-12-21(9-11-28-18)20-4-2-19(3-5-20)15-29-26-14-25(30-17-31-26)23-6-7-24-16-27-10-8-22(24)13-23/h2-14,16-17H,15H2,1H3,(H,29,30,31). The van der Waals surface area contributed by atoms with Crippen molar-refractivity contribution in [2.45, 2.75) is 13.5 Å². The van der Waals surface area contributed by atoms with Gasteiger partial charge >= 0.3 is 0 Å². The second kappa shape index (κ2) is 8.32. The average Bonchev–Trinajstić information content (AvgIpc) is 2.83. The highest BCUT2D eigenvalue weighted by Gasteiger charge is 2.05. The molecule has 150 valence electrons. The number of hydrogen-bond donors (Lipinski definition) is 1. The van der Waals surface area contributed by atoms with E-state index in [1.165, 1.54) is 16.7 Å². The second-order valence-corrected chi connectivity index (χ2v) is 7.46. The Bertz CT molecular complexity index is 1350. The molecule has 0 saturated carbocycles. The summed E-state index contributed by atoms with van der Waals surface area (Å²) in [5, 5.41) is 5.66. The summed E-state index contributed by atoms with van der Waals surface area (Å²) in [7, 11) is 0. The maximum Gasteiger partial charge on any atom is 0.130 e. The predicted molar refractivity (Wildman–Crippen MR) is 125 cm³/mol. The fourth-order valence-electron chi connectivity index (χ4n) is 3.59. The first-order valence-electron chi connectivity index (χ1n) is 10.2. The van der Waals surface area contributed by atoms with Gasteiger partial charge in [-0.2, -0.15) is 0 Å². The highest BCUT2D eigenvalue weighted by atomic mass is 15.0. The SMILES string of the molecule is Cc1cc(-c2ccc(CNc3cc(-c4ccc5cnccc5c4)ncn3)cc2)ccn1. The second-order valence-electron chi connectivity index (χ2n) is 7.46. The fraction of sp³-hybridized carbons (Fsp3) is 0.0769. The van der Waals surface area contributed by atoms with Crippen molar-refractivity contribution in [1.82, 2.24) is 19.9 Å². The van der Waals surface area contributed by atoms with Crippen LogP contribution in [0.5, 0.6) is 0 Å². The van der Waals surface area contributed by atoms with Crippen molar-refractivity contribution in [3.05, 3.63) is 103 Å². The minimum atomic E-state index is 0.690. The van der Waals surface area contributed by atoms with Gasteiger partial charge in [-0.05, 0) is 53.3 Å². The van der Waals surface area contributed by atoms with Gasteiger partial charge in [0.05, 0.1) is 5.69 Å². The predicted octanol–water partition coefficient (Wildman–Crippen LogP) is 5.67. The molecule has 0 saturated heterocycles. The highest BCUT2D eigenvalue weighted by molar-refractivity contribution is 5.86. The molecular weight excluding hydrogens is 382 g/mol. The number of aryl methyl sites for hydroxylation is 1. The van der Waals surface area contributed by atoms with Gasteiger partial charge in [-0.3, -0.25) is 9.97 Å². The molecule has 5 rings (SSSR count). The van der Waals surface area contributed by atoms with E-state index in [0.29, 0.717) is 6.54 Å². The van der Waals surface area contributed by atoms with Crippen LogP contribution < -0.4 is 5.32 Å². The third-order valence-corrected chi connectivity index (χ3v) is 5.26. The van der Waals surface area contributed by atoms with Crippen molar-refractivity contribution in [2.75, 3.05) is 5.32 Å². The quantitative estimate of drug-likeness (QED) is 0.409. The summed E-state index contributed by atoms with van der Waals surface area (Å²) in [5.74, 6) is 0.800. The van der Waals surface area contributed by atoms with Gasteiger partial charge in [0.25, 0.3) is 0 Å². The van der Waals surface area contributed by atoms with E-state index >= 15 is 0 Å². The number of hydrogen-bond acceptors (Lipinski definition) is 5. The Morgan fingerprint density at radius 3 is 2.45 bits per heavy atom. The lowest BCUT2D eigenvalue weighted by molar-refractivity contribution is 1.08. The summed E-state index contributed by atoms with van der Waals surface area (Å²) in [5.41, 5.74) is 6.52. The number of nitrogens with one attached hydrogen (secondary N) is 1. The molecule has 0 bridgehead atoms. The van der Waals surface area contributed by atoms with Crippen LogP contribution in [0.1, 0.15) is 11.3 Å². The molecule has 0 aliphatic heterocycles. The molecule has 5 nitrogen and oxygen atoms in total. The first-order chi connectivity index (χ1) is 15.2. The number of fused-ring (bicyclic) bond motifs is 1. The molecule has 0 amide bonds. The van der Waals surface area contributed by atoms with Crippen molar-refractivity contribution < 1.29 is 0 Å². The van der Waals surface area contributed by atoms with E-state index in [4.69, 9.17) is 0 Å². The van der Waals surface area contributed by atoms with Crippen LogP contribution in [0.3, 0.4) is 0 Å². The molecule has 5 aromatic rings. The van der Waals surface area contributed by atoms with Crippen LogP contribution in [0, 0.1) is 6.92 Å². The van der Waals surface area contributed by atoms with Crippen LogP contribution in [0.15, 0.2) is 91.6 Å². The minimum absolute atomic E-state index is 0.690. The number of anilines is 1. The summed E-state index contributed by atoms with van der Waals surface area (Å²) >= 11 is 0. The van der Waals surface area contributed by atoms with E-state index in [9.17, 15) is 0 Å². The summed E-state index contributed by atoms with van der Waals surface area (Å²) < 4.78 is 0. The molecule has 3 aromatic heterocycles. The number of pyridine rings is 2. The molecular formula is C26H21N5. The number of nitrogens with zero attached hydrogens (tertiary/aromatic N) is 4. The van der Waals surface area contributed by atoms with Gasteiger partial charge in [0.15, 0.2) is 0 Å². The van der Waals surface area contributed by atoms with E-state index < -0.39 is 0 Å². The summed E-state index contributed by atoms with van der Waals surface area (Å²) in [6.45, 7) is 2.70. The Hall–Kier alpha value is -4.12. The monoisotopic (exact) mass is 403 g/mol. The van der Waals surface area contributed by atoms with E-state index in [2.05, 4.69) is 73.8 Å². The zero-order chi connectivity index (χ0) is 21.0. The van der Waals surface area contributed by atoms with Gasteiger partial charge in [0.1, 0.15) is 12.1 Å². The fourth-order valence-corrected chi connectivity index (χ4v) is 3.59. The summed E-state index contributed by atoms with van der Waals surface area (Å²) in [4.78, 5) is 17.3. The molecule has 3 heterocycles. The van der Waals surface area contributed by atoms with Crippen LogP contribution in [0.4, 0.5) is 5.82 Å². The van der Waals surface area contributed by atoms with Crippen LogP contribution in [-0.4, -0.2) is 19.9 Å². The van der Waals surface area contributed by atoms with Crippen molar-refractivity contribution >= 4 is 16.6 Å². The van der Waals surface area contributed by atoms with Gasteiger partial charge < -0.3 is 5.32 Å². The first kappa shape index (κ1) is 18.9. The van der Waals surface area contributed by atoms with Gasteiger partial charge in [0.2, 0.25) is 0 Å². The lowest BCUT2D eigenvalue weighted by atomic mass is 10.0. The van der Waals surface area contributed by atoms with Crippen molar-refractivity contribution in [3.63, 3.8) is 0 Å². The van der Waals surface area contributed by atoms with Crippen LogP contribution in [0.25, 0.3) is 33.2 Å². The molecule has 0 radical (unpaired) electrons. The minimum Gasteiger partial charge on any atom is -0.366 e. The molecule has 0 fully saturated rings. The molecule has 31 heavy (non-hydrogen) atoms. The van der Waals surface area contributed by atoms with Gasteiger partial charge in [0, 0.05) is 47.8 Å². The molecule has 0 unspecified atom stereocenters. The Kier molecular flexibility index (Phi) is 5.07. The van der Waals surface area contributed by atoms with Crippen LogP contribution in [0.2, 0.25) is 0 Å². The van der Waals surface area contributed by atoms with E-state index in [-0.39, 0.29) is 0 Å². The zero-order valence-corrected chi connectivity index (χ0v) is 17.2. The third kappa shape index (κ3) is 4.26. The average molecular weight is 403 g/mol. The molecule has 2 aromatic carbocycles. The summed E-state index contributed by atoms with van der Waals surface area (Å²) in [6, 6.07) is 22.9. The molecule has 0 aliphatic carbocycles. The number of rotatable bonds is 5. The largest absolute Gasteiger partial charge is 0.366 e. The Balaban J connectivity index is 1.30. The first-order valence-corrected chi connectivity index (χ1v) is 10.2. The molecule has 1 N–H and O–H groups in total. The summed E-state index contributed by atoms with van der Waals surface area (Å²) in [6.07, 6.45) is 7.12. The van der Waals surface area contributed by atoms with E-state index in [0.717, 1.165) is 33.5 Å². The number of aromatic nitrogens is 4. The third-order valence-electron chi connectivity index (χ3n) is 5.26. The van der Waals surface area contributed by atoms with Gasteiger partial charge in [-0.15, -0.1) is 0 Å². The topological polar surface area (TPSA) is 63.6 Å². The Labute approximate surface area is 180 Å². The van der Waals surface area contributed by atoms with Gasteiger partial charge in [-0.25, -0.2) is 9.97 Å². The maximum atomic E-state index is 4.45. The zero-order valence-electron chi connectivity index (χ0n) is 17.2. The molecule has 0 aliphatic rings. The lowest BCUT2D eigenvalue weighted by Crippen LogP contribution is -2.02. The highest BCUT2D eigenvalue weighted by Crippen LogP contribution is 2.24. The molecule has 5 heteroatoms. The maximum absolute atomic E-state index is 4.45. The van der Waals surface area contributed by atoms with E-state index in [1.807, 2.05) is 37.5 Å². The normalized spacial score (nSPS) is 10.9.